The van der Waals surface area contributed by atoms with Gasteiger partial charge >= 0.3 is 0 Å². The molecule has 156 valence electrons. The van der Waals surface area contributed by atoms with Crippen molar-refractivity contribution in [2.75, 3.05) is 44.4 Å². The summed E-state index contributed by atoms with van der Waals surface area (Å²) in [4.78, 5) is 14.3. The standard InChI is InChI=1S/C23H30N2O4/c1-18-5-2-3-6-22(18)29-14-4-7-23(27)24-17-21(26)19-8-10-20(11-9-19)25-12-15-28-16-13-25/h2-3,5-6,8-11,21,26H,4,7,12-17H2,1H3,(H,24,27). The first-order valence-corrected chi connectivity index (χ1v) is 10.2. The summed E-state index contributed by atoms with van der Waals surface area (Å²) in [5, 5.41) is 13.1. The number of aryl methyl sites for hydroxylation is 1. The van der Waals surface area contributed by atoms with Crippen LogP contribution in [0.2, 0.25) is 0 Å². The van der Waals surface area contributed by atoms with E-state index in [4.69, 9.17) is 9.47 Å². The Morgan fingerprint density at radius 3 is 2.62 bits per heavy atom. The number of anilines is 1. The number of para-hydroxylation sites is 1. The molecule has 1 atom stereocenters. The molecule has 2 aromatic rings. The van der Waals surface area contributed by atoms with Crippen molar-refractivity contribution < 1.29 is 19.4 Å². The lowest BCUT2D eigenvalue weighted by Crippen LogP contribution is -2.36. The zero-order chi connectivity index (χ0) is 20.5. The highest BCUT2D eigenvalue weighted by Crippen LogP contribution is 2.20. The summed E-state index contributed by atoms with van der Waals surface area (Å²) in [5.74, 6) is 0.770. The fourth-order valence-corrected chi connectivity index (χ4v) is 3.28. The van der Waals surface area contributed by atoms with E-state index >= 15 is 0 Å². The molecule has 3 rings (SSSR count). The van der Waals surface area contributed by atoms with E-state index in [9.17, 15) is 9.90 Å². The van der Waals surface area contributed by atoms with Gasteiger partial charge in [0.05, 0.1) is 25.9 Å². The van der Waals surface area contributed by atoms with E-state index in [2.05, 4.69) is 10.2 Å². The van der Waals surface area contributed by atoms with Crippen molar-refractivity contribution in [3.63, 3.8) is 0 Å². The third-order valence-electron chi connectivity index (χ3n) is 5.05. The first kappa shape index (κ1) is 21.1. The van der Waals surface area contributed by atoms with Crippen LogP contribution in [0.1, 0.15) is 30.1 Å². The highest BCUT2D eigenvalue weighted by atomic mass is 16.5. The summed E-state index contributed by atoms with van der Waals surface area (Å²) < 4.78 is 11.1. The van der Waals surface area contributed by atoms with Gasteiger partial charge in [-0.3, -0.25) is 4.79 Å². The van der Waals surface area contributed by atoms with Crippen LogP contribution in [0.5, 0.6) is 5.75 Å². The minimum atomic E-state index is -0.721. The second-order valence-electron chi connectivity index (χ2n) is 7.23. The molecule has 0 radical (unpaired) electrons. The Balaban J connectivity index is 1.35. The maximum absolute atomic E-state index is 12.0. The van der Waals surface area contributed by atoms with Gasteiger partial charge < -0.3 is 24.8 Å². The number of morpholine rings is 1. The van der Waals surface area contributed by atoms with E-state index in [1.165, 1.54) is 0 Å². The van der Waals surface area contributed by atoms with Gasteiger partial charge in [0.15, 0.2) is 0 Å². The lowest BCUT2D eigenvalue weighted by molar-refractivity contribution is -0.121. The lowest BCUT2D eigenvalue weighted by Gasteiger charge is -2.29. The van der Waals surface area contributed by atoms with Gasteiger partial charge in [-0.15, -0.1) is 0 Å². The molecule has 1 aliphatic rings. The average Bonchev–Trinajstić information content (AvgIpc) is 2.77. The van der Waals surface area contributed by atoms with Crippen molar-refractivity contribution in [3.8, 4) is 5.75 Å². The fourth-order valence-electron chi connectivity index (χ4n) is 3.28. The number of carbonyl (C=O) groups excluding carboxylic acids is 1. The molecular weight excluding hydrogens is 368 g/mol. The normalized spacial score (nSPS) is 15.0. The van der Waals surface area contributed by atoms with Crippen LogP contribution in [-0.4, -0.2) is 50.5 Å². The summed E-state index contributed by atoms with van der Waals surface area (Å²) in [7, 11) is 0. The third kappa shape index (κ3) is 6.48. The van der Waals surface area contributed by atoms with Gasteiger partial charge in [0.1, 0.15) is 5.75 Å². The van der Waals surface area contributed by atoms with Gasteiger partial charge in [0.25, 0.3) is 0 Å². The number of hydrogen-bond acceptors (Lipinski definition) is 5. The molecule has 29 heavy (non-hydrogen) atoms. The molecule has 0 aliphatic carbocycles. The molecule has 6 nitrogen and oxygen atoms in total. The lowest BCUT2D eigenvalue weighted by atomic mass is 10.1. The maximum atomic E-state index is 12.0. The van der Waals surface area contributed by atoms with E-state index < -0.39 is 6.10 Å². The fraction of sp³-hybridized carbons (Fsp3) is 0.435. The predicted octanol–water partition coefficient (Wildman–Crippen LogP) is 2.84. The molecule has 0 spiro atoms. The summed E-state index contributed by atoms with van der Waals surface area (Å²) in [6.45, 7) is 5.94. The number of ether oxygens (including phenoxy) is 2. The number of amides is 1. The molecule has 1 heterocycles. The first-order chi connectivity index (χ1) is 14.1. The van der Waals surface area contributed by atoms with Crippen molar-refractivity contribution in [3.05, 3.63) is 59.7 Å². The summed E-state index contributed by atoms with van der Waals surface area (Å²) in [6.07, 6.45) is 0.278. The summed E-state index contributed by atoms with van der Waals surface area (Å²) >= 11 is 0. The van der Waals surface area contributed by atoms with Crippen molar-refractivity contribution in [1.82, 2.24) is 5.32 Å². The minimum Gasteiger partial charge on any atom is -0.493 e. The van der Waals surface area contributed by atoms with Gasteiger partial charge in [-0.05, 0) is 42.7 Å². The first-order valence-electron chi connectivity index (χ1n) is 10.2. The summed E-state index contributed by atoms with van der Waals surface area (Å²) in [6, 6.07) is 15.7. The van der Waals surface area contributed by atoms with Gasteiger partial charge in [-0.2, -0.15) is 0 Å². The molecule has 2 aromatic carbocycles. The largest absolute Gasteiger partial charge is 0.493 e. The van der Waals surface area contributed by atoms with Crippen molar-refractivity contribution >= 4 is 11.6 Å². The number of aliphatic hydroxyl groups is 1. The van der Waals surface area contributed by atoms with Gasteiger partial charge in [-0.25, -0.2) is 0 Å². The van der Waals surface area contributed by atoms with Crippen LogP contribution in [0.4, 0.5) is 5.69 Å². The van der Waals surface area contributed by atoms with Crippen LogP contribution in [0.25, 0.3) is 0 Å². The van der Waals surface area contributed by atoms with Crippen LogP contribution >= 0.6 is 0 Å². The Bertz CT molecular complexity index is 773. The number of hydrogen-bond donors (Lipinski definition) is 2. The second-order valence-corrected chi connectivity index (χ2v) is 7.23. The van der Waals surface area contributed by atoms with E-state index in [-0.39, 0.29) is 12.5 Å². The van der Waals surface area contributed by atoms with Crippen LogP contribution in [-0.2, 0) is 9.53 Å². The monoisotopic (exact) mass is 398 g/mol. The highest BCUT2D eigenvalue weighted by molar-refractivity contribution is 5.75. The molecule has 2 N–H and O–H groups in total. The Kier molecular flexibility index (Phi) is 7.90. The van der Waals surface area contributed by atoms with Crippen LogP contribution in [0.15, 0.2) is 48.5 Å². The highest BCUT2D eigenvalue weighted by Gasteiger charge is 2.13. The Morgan fingerprint density at radius 1 is 1.17 bits per heavy atom. The number of rotatable bonds is 9. The smallest absolute Gasteiger partial charge is 0.220 e. The van der Waals surface area contributed by atoms with Crippen molar-refractivity contribution in [2.45, 2.75) is 25.9 Å². The zero-order valence-corrected chi connectivity index (χ0v) is 17.0. The minimum absolute atomic E-state index is 0.0811. The topological polar surface area (TPSA) is 71.0 Å². The molecular formula is C23H30N2O4. The Labute approximate surface area is 172 Å². The van der Waals surface area contributed by atoms with E-state index in [0.29, 0.717) is 19.4 Å². The number of nitrogens with zero attached hydrogens (tertiary/aromatic N) is 1. The van der Waals surface area contributed by atoms with Crippen LogP contribution in [0, 0.1) is 6.92 Å². The predicted molar refractivity (Wildman–Crippen MR) is 113 cm³/mol. The molecule has 0 saturated carbocycles. The molecule has 1 saturated heterocycles. The van der Waals surface area contributed by atoms with E-state index in [1.807, 2.05) is 55.5 Å². The van der Waals surface area contributed by atoms with E-state index in [0.717, 1.165) is 48.9 Å². The van der Waals surface area contributed by atoms with Gasteiger partial charge in [0.2, 0.25) is 5.91 Å². The van der Waals surface area contributed by atoms with Crippen LogP contribution in [0.3, 0.4) is 0 Å². The molecule has 0 bridgehead atoms. The number of carbonyl (C=O) groups is 1. The number of benzene rings is 2. The van der Waals surface area contributed by atoms with Gasteiger partial charge in [0, 0.05) is 31.7 Å². The Hall–Kier alpha value is -2.57. The van der Waals surface area contributed by atoms with Crippen molar-refractivity contribution in [2.24, 2.45) is 0 Å². The maximum Gasteiger partial charge on any atom is 0.220 e. The summed E-state index contributed by atoms with van der Waals surface area (Å²) in [5.41, 5.74) is 3.01. The second kappa shape index (κ2) is 10.8. The Morgan fingerprint density at radius 2 is 1.90 bits per heavy atom. The zero-order valence-electron chi connectivity index (χ0n) is 17.0. The van der Waals surface area contributed by atoms with Crippen molar-refractivity contribution in [1.29, 1.82) is 0 Å². The SMILES string of the molecule is Cc1ccccc1OCCCC(=O)NCC(O)c1ccc(N2CCOCC2)cc1. The quantitative estimate of drug-likeness (QED) is 0.636. The van der Waals surface area contributed by atoms with E-state index in [1.54, 1.807) is 0 Å². The van der Waals surface area contributed by atoms with Gasteiger partial charge in [-0.1, -0.05) is 30.3 Å². The third-order valence-corrected chi connectivity index (χ3v) is 5.05. The molecule has 1 unspecified atom stereocenters. The van der Waals surface area contributed by atoms with Crippen LogP contribution < -0.4 is 15.0 Å². The molecule has 0 aromatic heterocycles. The average molecular weight is 399 g/mol. The number of aliphatic hydroxyl groups excluding tert-OH is 1. The molecule has 1 aliphatic heterocycles. The molecule has 1 amide bonds. The number of nitrogens with one attached hydrogen (secondary N) is 1. The molecule has 6 heteroatoms. The molecule has 1 fully saturated rings.